The van der Waals surface area contributed by atoms with Crippen molar-refractivity contribution in [3.05, 3.63) is 64.8 Å². The van der Waals surface area contributed by atoms with Gasteiger partial charge in [0.1, 0.15) is 5.75 Å². The largest absolute Gasteiger partial charge is 0.484 e. The first-order valence-electron chi connectivity index (χ1n) is 9.34. The van der Waals surface area contributed by atoms with Crippen LogP contribution in [0.4, 0.5) is 0 Å². The molecule has 1 fully saturated rings. The first-order chi connectivity index (χ1) is 13.1. The second-order valence-electron chi connectivity index (χ2n) is 7.19. The summed E-state index contributed by atoms with van der Waals surface area (Å²) >= 11 is 6.07. The van der Waals surface area contributed by atoms with Gasteiger partial charge in [0.25, 0.3) is 5.91 Å². The molecule has 0 unspecified atom stereocenters. The minimum absolute atomic E-state index is 0.0553. The summed E-state index contributed by atoms with van der Waals surface area (Å²) in [5.74, 6) is 1.25. The van der Waals surface area contributed by atoms with E-state index in [9.17, 15) is 4.79 Å². The van der Waals surface area contributed by atoms with Crippen molar-refractivity contribution in [3.8, 4) is 5.75 Å². The number of amides is 1. The van der Waals surface area contributed by atoms with E-state index in [-0.39, 0.29) is 12.5 Å². The predicted octanol–water partition coefficient (Wildman–Crippen LogP) is 4.91. The van der Waals surface area contributed by atoms with Crippen molar-refractivity contribution >= 4 is 28.4 Å². The first-order valence-corrected chi connectivity index (χ1v) is 9.72. The molecule has 5 heteroatoms. The summed E-state index contributed by atoms with van der Waals surface area (Å²) in [7, 11) is 0. The average Bonchev–Trinajstić information content (AvgIpc) is 3.10. The molecule has 0 saturated carbocycles. The minimum Gasteiger partial charge on any atom is -0.484 e. The van der Waals surface area contributed by atoms with E-state index >= 15 is 0 Å². The highest BCUT2D eigenvalue weighted by molar-refractivity contribution is 6.31. The Morgan fingerprint density at radius 1 is 1.19 bits per heavy atom. The highest BCUT2D eigenvalue weighted by atomic mass is 35.5. The maximum absolute atomic E-state index is 12.5. The lowest BCUT2D eigenvalue weighted by atomic mass is 9.89. The molecule has 1 amide bonds. The molecule has 1 N–H and O–H groups in total. The van der Waals surface area contributed by atoms with Gasteiger partial charge in [0.2, 0.25) is 0 Å². The lowest BCUT2D eigenvalue weighted by Gasteiger charge is -2.32. The number of piperidine rings is 1. The van der Waals surface area contributed by atoms with Crippen LogP contribution in [0.25, 0.3) is 10.9 Å². The number of nitrogens with one attached hydrogen (secondary N) is 1. The van der Waals surface area contributed by atoms with Gasteiger partial charge in [0, 0.05) is 35.2 Å². The molecule has 0 spiro atoms. The van der Waals surface area contributed by atoms with Gasteiger partial charge >= 0.3 is 0 Å². The molecule has 4 nitrogen and oxygen atoms in total. The number of ether oxygens (including phenoxy) is 1. The molecule has 1 aliphatic rings. The molecule has 2 heterocycles. The summed E-state index contributed by atoms with van der Waals surface area (Å²) in [6, 6.07) is 13.7. The van der Waals surface area contributed by atoms with Crippen LogP contribution in [0.2, 0.25) is 5.02 Å². The third kappa shape index (κ3) is 3.96. The zero-order valence-corrected chi connectivity index (χ0v) is 16.1. The van der Waals surface area contributed by atoms with Crippen molar-refractivity contribution in [2.45, 2.75) is 25.7 Å². The molecular weight excluding hydrogens is 360 g/mol. The van der Waals surface area contributed by atoms with E-state index in [0.717, 1.165) is 42.2 Å². The topological polar surface area (TPSA) is 45.3 Å². The summed E-state index contributed by atoms with van der Waals surface area (Å²) in [6.45, 7) is 3.66. The second-order valence-corrected chi connectivity index (χ2v) is 7.63. The second kappa shape index (κ2) is 7.65. The van der Waals surface area contributed by atoms with Gasteiger partial charge in [-0.05, 0) is 55.5 Å². The van der Waals surface area contributed by atoms with Gasteiger partial charge in [0.05, 0.1) is 0 Å². The smallest absolute Gasteiger partial charge is 0.260 e. The van der Waals surface area contributed by atoms with E-state index in [0.29, 0.717) is 5.92 Å². The zero-order valence-electron chi connectivity index (χ0n) is 15.4. The Kier molecular flexibility index (Phi) is 5.08. The fourth-order valence-electron chi connectivity index (χ4n) is 3.77. The minimum atomic E-state index is 0.0553. The Morgan fingerprint density at radius 3 is 2.67 bits per heavy atom. The molecule has 2 aromatic carbocycles. The van der Waals surface area contributed by atoms with Gasteiger partial charge in [-0.3, -0.25) is 4.79 Å². The van der Waals surface area contributed by atoms with Crippen molar-refractivity contribution in [1.82, 2.24) is 9.88 Å². The molecule has 4 rings (SSSR count). The van der Waals surface area contributed by atoms with Gasteiger partial charge < -0.3 is 14.6 Å². The Hall–Kier alpha value is -2.46. The van der Waals surface area contributed by atoms with E-state index < -0.39 is 0 Å². The molecule has 0 aliphatic carbocycles. The van der Waals surface area contributed by atoms with Crippen molar-refractivity contribution in [3.63, 3.8) is 0 Å². The van der Waals surface area contributed by atoms with Crippen LogP contribution in [-0.2, 0) is 4.79 Å². The van der Waals surface area contributed by atoms with Gasteiger partial charge in [-0.25, -0.2) is 0 Å². The van der Waals surface area contributed by atoms with Gasteiger partial charge in [-0.2, -0.15) is 0 Å². The van der Waals surface area contributed by atoms with Crippen molar-refractivity contribution < 1.29 is 9.53 Å². The standard InChI is InChI=1S/C22H23ClN2O2/c1-15-2-5-18(6-3-15)27-14-22(26)25-10-8-16(9-11-25)20-13-24-21-12-17(23)4-7-19(20)21/h2-7,12-13,16,24H,8-11,14H2,1H3. The third-order valence-electron chi connectivity index (χ3n) is 5.35. The number of likely N-dealkylation sites (tertiary alicyclic amines) is 1. The number of carbonyl (C=O) groups excluding carboxylic acids is 1. The molecule has 1 aliphatic heterocycles. The number of H-pyrrole nitrogens is 1. The highest BCUT2D eigenvalue weighted by Gasteiger charge is 2.25. The molecular formula is C22H23ClN2O2. The number of halogens is 1. The normalized spacial score (nSPS) is 15.3. The molecule has 0 bridgehead atoms. The van der Waals surface area contributed by atoms with E-state index in [1.807, 2.05) is 48.2 Å². The summed E-state index contributed by atoms with van der Waals surface area (Å²) in [4.78, 5) is 17.7. The van der Waals surface area contributed by atoms with Crippen LogP contribution in [0, 0.1) is 6.92 Å². The Balaban J connectivity index is 1.34. The van der Waals surface area contributed by atoms with Crippen LogP contribution < -0.4 is 4.74 Å². The molecule has 3 aromatic rings. The highest BCUT2D eigenvalue weighted by Crippen LogP contribution is 2.34. The number of nitrogens with zero attached hydrogens (tertiary/aromatic N) is 1. The number of rotatable bonds is 4. The number of hydrogen-bond donors (Lipinski definition) is 1. The zero-order chi connectivity index (χ0) is 18.8. The van der Waals surface area contributed by atoms with Crippen LogP contribution in [-0.4, -0.2) is 35.5 Å². The number of aryl methyl sites for hydroxylation is 1. The van der Waals surface area contributed by atoms with E-state index in [2.05, 4.69) is 17.2 Å². The molecule has 27 heavy (non-hydrogen) atoms. The maximum atomic E-state index is 12.5. The van der Waals surface area contributed by atoms with Gasteiger partial charge in [-0.15, -0.1) is 0 Å². The Morgan fingerprint density at radius 2 is 1.93 bits per heavy atom. The van der Waals surface area contributed by atoms with Crippen LogP contribution in [0.5, 0.6) is 5.75 Å². The summed E-state index contributed by atoms with van der Waals surface area (Å²) < 4.78 is 5.64. The summed E-state index contributed by atoms with van der Waals surface area (Å²) in [6.07, 6.45) is 4.02. The van der Waals surface area contributed by atoms with Crippen molar-refractivity contribution in [2.24, 2.45) is 0 Å². The predicted molar refractivity (Wildman–Crippen MR) is 109 cm³/mol. The van der Waals surface area contributed by atoms with Crippen LogP contribution in [0.1, 0.15) is 29.9 Å². The monoisotopic (exact) mass is 382 g/mol. The van der Waals surface area contributed by atoms with Gasteiger partial charge in [-0.1, -0.05) is 35.4 Å². The fourth-order valence-corrected chi connectivity index (χ4v) is 3.94. The number of benzene rings is 2. The lowest BCUT2D eigenvalue weighted by molar-refractivity contribution is -0.134. The third-order valence-corrected chi connectivity index (χ3v) is 5.58. The number of fused-ring (bicyclic) bond motifs is 1. The SMILES string of the molecule is Cc1ccc(OCC(=O)N2CCC(c3c[nH]c4cc(Cl)ccc34)CC2)cc1. The lowest BCUT2D eigenvalue weighted by Crippen LogP contribution is -2.40. The Bertz CT molecular complexity index is 941. The molecule has 0 radical (unpaired) electrons. The number of hydrogen-bond acceptors (Lipinski definition) is 2. The van der Waals surface area contributed by atoms with Gasteiger partial charge in [0.15, 0.2) is 6.61 Å². The van der Waals surface area contributed by atoms with Crippen LogP contribution in [0.15, 0.2) is 48.7 Å². The maximum Gasteiger partial charge on any atom is 0.260 e. The average molecular weight is 383 g/mol. The van der Waals surface area contributed by atoms with E-state index in [1.54, 1.807) is 0 Å². The van der Waals surface area contributed by atoms with E-state index in [1.165, 1.54) is 16.5 Å². The number of carbonyl (C=O) groups is 1. The molecule has 1 saturated heterocycles. The van der Waals surface area contributed by atoms with Crippen LogP contribution >= 0.6 is 11.6 Å². The molecule has 0 atom stereocenters. The number of aromatic nitrogens is 1. The number of aromatic amines is 1. The van der Waals surface area contributed by atoms with E-state index in [4.69, 9.17) is 16.3 Å². The van der Waals surface area contributed by atoms with Crippen LogP contribution in [0.3, 0.4) is 0 Å². The first kappa shape index (κ1) is 17.9. The summed E-state index contributed by atoms with van der Waals surface area (Å²) in [5.41, 5.74) is 3.57. The molecule has 140 valence electrons. The quantitative estimate of drug-likeness (QED) is 0.696. The summed E-state index contributed by atoms with van der Waals surface area (Å²) in [5, 5.41) is 1.97. The Labute approximate surface area is 164 Å². The fraction of sp³-hybridized carbons (Fsp3) is 0.318. The molecule has 1 aromatic heterocycles. The van der Waals surface area contributed by atoms with Crippen molar-refractivity contribution in [2.75, 3.05) is 19.7 Å². The van der Waals surface area contributed by atoms with Crippen molar-refractivity contribution in [1.29, 1.82) is 0 Å².